The molecule has 0 aliphatic rings. The lowest BCUT2D eigenvalue weighted by atomic mass is 10.1. The van der Waals surface area contributed by atoms with Gasteiger partial charge in [-0.2, -0.15) is 0 Å². The Morgan fingerprint density at radius 2 is 2.21 bits per heavy atom. The van der Waals surface area contributed by atoms with Crippen LogP contribution in [0.1, 0.15) is 15.2 Å². The van der Waals surface area contributed by atoms with Crippen molar-refractivity contribution in [3.05, 3.63) is 52.0 Å². The minimum atomic E-state index is -0.491. The Labute approximate surface area is 115 Å². The summed E-state index contributed by atoms with van der Waals surface area (Å²) >= 11 is 1.66. The normalized spacial score (nSPS) is 10.4. The number of benzene rings is 1. The second kappa shape index (κ2) is 5.84. The van der Waals surface area contributed by atoms with E-state index in [1.165, 1.54) is 23.1 Å². The van der Waals surface area contributed by atoms with Crippen molar-refractivity contribution in [3.8, 4) is 0 Å². The summed E-state index contributed by atoms with van der Waals surface area (Å²) in [4.78, 5) is 14.9. The van der Waals surface area contributed by atoms with E-state index in [4.69, 9.17) is 5.73 Å². The second-order valence-corrected chi connectivity index (χ2v) is 5.36. The number of thiophene rings is 1. The monoisotopic (exact) mass is 278 g/mol. The summed E-state index contributed by atoms with van der Waals surface area (Å²) in [5.74, 6) is -0.710. The first-order valence-electron chi connectivity index (χ1n) is 5.90. The predicted octanol–water partition coefficient (Wildman–Crippen LogP) is 2.78. The highest BCUT2D eigenvalue weighted by molar-refractivity contribution is 7.09. The molecule has 100 valence electrons. The van der Waals surface area contributed by atoms with Crippen molar-refractivity contribution >= 4 is 22.9 Å². The van der Waals surface area contributed by atoms with Gasteiger partial charge < -0.3 is 10.6 Å². The molecule has 1 amide bonds. The Balaban J connectivity index is 2.02. The largest absolute Gasteiger partial charge is 0.399 e. The van der Waals surface area contributed by atoms with Gasteiger partial charge in [-0.1, -0.05) is 6.07 Å². The van der Waals surface area contributed by atoms with Gasteiger partial charge in [0.25, 0.3) is 5.91 Å². The van der Waals surface area contributed by atoms with Crippen molar-refractivity contribution in [1.29, 1.82) is 0 Å². The maximum absolute atomic E-state index is 13.2. The number of rotatable bonds is 4. The Hall–Kier alpha value is -1.88. The molecule has 0 bridgehead atoms. The summed E-state index contributed by atoms with van der Waals surface area (Å²) in [7, 11) is 1.71. The van der Waals surface area contributed by atoms with Gasteiger partial charge in [-0.15, -0.1) is 11.3 Å². The van der Waals surface area contributed by atoms with E-state index in [0.717, 1.165) is 6.42 Å². The molecule has 0 fully saturated rings. The number of likely N-dealkylation sites (N-methyl/N-ethyl adjacent to an activating group) is 1. The van der Waals surface area contributed by atoms with E-state index in [0.29, 0.717) is 6.54 Å². The highest BCUT2D eigenvalue weighted by Gasteiger charge is 2.13. The molecule has 2 rings (SSSR count). The van der Waals surface area contributed by atoms with Gasteiger partial charge in [-0.3, -0.25) is 4.79 Å². The van der Waals surface area contributed by atoms with Crippen molar-refractivity contribution < 1.29 is 9.18 Å². The summed E-state index contributed by atoms with van der Waals surface area (Å²) < 4.78 is 13.2. The van der Waals surface area contributed by atoms with Crippen molar-refractivity contribution in [2.45, 2.75) is 6.42 Å². The van der Waals surface area contributed by atoms with E-state index in [1.807, 2.05) is 17.5 Å². The third-order valence-corrected chi connectivity index (χ3v) is 3.72. The topological polar surface area (TPSA) is 46.3 Å². The van der Waals surface area contributed by atoms with E-state index in [9.17, 15) is 9.18 Å². The molecule has 5 heteroatoms. The molecule has 0 aliphatic carbocycles. The second-order valence-electron chi connectivity index (χ2n) is 4.33. The number of nitrogens with zero attached hydrogens (tertiary/aromatic N) is 1. The fourth-order valence-corrected chi connectivity index (χ4v) is 2.49. The molecule has 1 heterocycles. The number of hydrogen-bond acceptors (Lipinski definition) is 3. The zero-order valence-corrected chi connectivity index (χ0v) is 11.4. The Morgan fingerprint density at radius 1 is 1.42 bits per heavy atom. The summed E-state index contributed by atoms with van der Waals surface area (Å²) in [5, 5.41) is 2.00. The number of hydrogen-bond donors (Lipinski definition) is 1. The van der Waals surface area contributed by atoms with E-state index >= 15 is 0 Å². The average Bonchev–Trinajstić information content (AvgIpc) is 2.87. The lowest BCUT2D eigenvalue weighted by Gasteiger charge is -2.17. The van der Waals surface area contributed by atoms with Gasteiger partial charge in [-0.25, -0.2) is 4.39 Å². The summed E-state index contributed by atoms with van der Waals surface area (Å²) in [6, 6.07) is 7.91. The number of carbonyl (C=O) groups excluding carboxylic acids is 1. The Kier molecular flexibility index (Phi) is 4.16. The van der Waals surface area contributed by atoms with Crippen LogP contribution in [0, 0.1) is 5.82 Å². The van der Waals surface area contributed by atoms with Crippen LogP contribution >= 0.6 is 11.3 Å². The molecule has 0 unspecified atom stereocenters. The first-order valence-corrected chi connectivity index (χ1v) is 6.78. The fraction of sp³-hybridized carbons (Fsp3) is 0.214. The quantitative estimate of drug-likeness (QED) is 0.874. The molecule has 3 nitrogen and oxygen atoms in total. The van der Waals surface area contributed by atoms with Gasteiger partial charge in [0.2, 0.25) is 0 Å². The van der Waals surface area contributed by atoms with Crippen molar-refractivity contribution in [2.24, 2.45) is 0 Å². The van der Waals surface area contributed by atoms with Crippen molar-refractivity contribution in [2.75, 3.05) is 19.3 Å². The molecule has 0 atom stereocenters. The van der Waals surface area contributed by atoms with Gasteiger partial charge in [0.05, 0.1) is 0 Å². The standard InChI is InChI=1S/C14H15FN2OS/c1-17(5-4-13-3-2-6-19-13)14(18)10-7-11(15)9-12(16)8-10/h2-3,6-9H,4-5,16H2,1H3. The molecule has 1 aromatic carbocycles. The number of halogens is 1. The SMILES string of the molecule is CN(CCc1cccs1)C(=O)c1cc(N)cc(F)c1. The van der Waals surface area contributed by atoms with Crippen LogP contribution in [0.15, 0.2) is 35.7 Å². The van der Waals surface area contributed by atoms with E-state index in [2.05, 4.69) is 0 Å². The van der Waals surface area contributed by atoms with Crippen LogP contribution in [0.2, 0.25) is 0 Å². The minimum Gasteiger partial charge on any atom is -0.399 e. The molecule has 2 aromatic rings. The van der Waals surface area contributed by atoms with Gasteiger partial charge in [0.15, 0.2) is 0 Å². The van der Waals surface area contributed by atoms with Crippen LogP contribution < -0.4 is 5.73 Å². The van der Waals surface area contributed by atoms with Gasteiger partial charge in [-0.05, 0) is 36.1 Å². The van der Waals surface area contributed by atoms with Gasteiger partial charge in [0.1, 0.15) is 5.82 Å². The summed E-state index contributed by atoms with van der Waals surface area (Å²) in [6.07, 6.45) is 0.796. The van der Waals surface area contributed by atoms with Gasteiger partial charge >= 0.3 is 0 Å². The molecule has 0 radical (unpaired) electrons. The van der Waals surface area contributed by atoms with Crippen LogP contribution in [0.4, 0.5) is 10.1 Å². The lowest BCUT2D eigenvalue weighted by molar-refractivity contribution is 0.0796. The van der Waals surface area contributed by atoms with Crippen LogP contribution in [-0.2, 0) is 6.42 Å². The van der Waals surface area contributed by atoms with E-state index in [-0.39, 0.29) is 17.2 Å². The average molecular weight is 278 g/mol. The molecule has 2 N–H and O–H groups in total. The van der Waals surface area contributed by atoms with Gasteiger partial charge in [0, 0.05) is 29.7 Å². The molecule has 19 heavy (non-hydrogen) atoms. The zero-order chi connectivity index (χ0) is 13.8. The maximum atomic E-state index is 13.2. The molecular weight excluding hydrogens is 263 g/mol. The van der Waals surface area contributed by atoms with Crippen molar-refractivity contribution in [3.63, 3.8) is 0 Å². The molecule has 0 aliphatic heterocycles. The Bertz CT molecular complexity index is 549. The zero-order valence-electron chi connectivity index (χ0n) is 10.6. The predicted molar refractivity (Wildman–Crippen MR) is 75.8 cm³/mol. The highest BCUT2D eigenvalue weighted by Crippen LogP contribution is 2.14. The highest BCUT2D eigenvalue weighted by atomic mass is 32.1. The maximum Gasteiger partial charge on any atom is 0.253 e. The first-order chi connectivity index (χ1) is 9.06. The molecule has 1 aromatic heterocycles. The van der Waals surface area contributed by atoms with Crippen LogP contribution in [0.25, 0.3) is 0 Å². The molecule has 0 saturated carbocycles. The van der Waals surface area contributed by atoms with Crippen LogP contribution in [0.3, 0.4) is 0 Å². The fourth-order valence-electron chi connectivity index (χ4n) is 1.79. The number of amides is 1. The number of anilines is 1. The van der Waals surface area contributed by atoms with Crippen LogP contribution in [-0.4, -0.2) is 24.4 Å². The van der Waals surface area contributed by atoms with E-state index < -0.39 is 5.82 Å². The molecule has 0 saturated heterocycles. The first kappa shape index (κ1) is 13.5. The number of nitrogen functional groups attached to an aromatic ring is 1. The van der Waals surface area contributed by atoms with E-state index in [1.54, 1.807) is 23.3 Å². The van der Waals surface area contributed by atoms with Crippen LogP contribution in [0.5, 0.6) is 0 Å². The Morgan fingerprint density at radius 3 is 2.84 bits per heavy atom. The number of nitrogens with two attached hydrogens (primary N) is 1. The lowest BCUT2D eigenvalue weighted by Crippen LogP contribution is -2.28. The summed E-state index contributed by atoms with van der Waals surface area (Å²) in [5.41, 5.74) is 6.08. The number of carbonyl (C=O) groups is 1. The minimum absolute atomic E-state index is 0.220. The third-order valence-electron chi connectivity index (χ3n) is 2.79. The molecular formula is C14H15FN2OS. The third kappa shape index (κ3) is 3.54. The summed E-state index contributed by atoms with van der Waals surface area (Å²) in [6.45, 7) is 0.593. The smallest absolute Gasteiger partial charge is 0.253 e. The molecule has 0 spiro atoms. The van der Waals surface area contributed by atoms with Crippen molar-refractivity contribution in [1.82, 2.24) is 4.90 Å².